The highest BCUT2D eigenvalue weighted by atomic mass is 16.5. The van der Waals surface area contributed by atoms with Gasteiger partial charge in [-0.2, -0.15) is 4.98 Å². The van der Waals surface area contributed by atoms with E-state index in [1.54, 1.807) is 0 Å². The Morgan fingerprint density at radius 2 is 2.00 bits per heavy atom. The lowest BCUT2D eigenvalue weighted by Crippen LogP contribution is -2.27. The van der Waals surface area contributed by atoms with Gasteiger partial charge in [0.05, 0.1) is 11.8 Å². The number of carbonyl (C=O) groups is 1. The van der Waals surface area contributed by atoms with E-state index >= 15 is 0 Å². The zero-order valence-electron chi connectivity index (χ0n) is 18.0. The Labute approximate surface area is 176 Å². The molecule has 1 amide bonds. The molecule has 0 spiro atoms. The maximum Gasteiger partial charge on any atom is 0.315 e. The van der Waals surface area contributed by atoms with E-state index < -0.39 is 0 Å². The molecule has 1 N–H and O–H groups in total. The summed E-state index contributed by atoms with van der Waals surface area (Å²) in [6.45, 7) is 9.93. The summed E-state index contributed by atoms with van der Waals surface area (Å²) in [5.74, 6) is 0.131. The van der Waals surface area contributed by atoms with E-state index in [2.05, 4.69) is 63.8 Å². The van der Waals surface area contributed by atoms with Crippen molar-refractivity contribution in [3.8, 4) is 0 Å². The second-order valence-electron chi connectivity index (χ2n) is 8.77. The first-order chi connectivity index (χ1) is 14.2. The normalized spacial score (nSPS) is 16.5. The number of amides is 1. The van der Waals surface area contributed by atoms with E-state index in [-0.39, 0.29) is 23.3 Å². The van der Waals surface area contributed by atoms with Gasteiger partial charge in [0.15, 0.2) is 5.82 Å². The number of aryl methyl sites for hydroxylation is 1. The van der Waals surface area contributed by atoms with Crippen LogP contribution in [0.5, 0.6) is 0 Å². The van der Waals surface area contributed by atoms with Crippen LogP contribution in [-0.4, -0.2) is 21.8 Å². The van der Waals surface area contributed by atoms with E-state index in [0.29, 0.717) is 5.82 Å². The number of rotatable bonds is 4. The van der Waals surface area contributed by atoms with Crippen LogP contribution in [0.3, 0.4) is 0 Å². The highest BCUT2D eigenvalue weighted by Gasteiger charge is 2.25. The molecular weight excluding hydrogens is 376 g/mol. The van der Waals surface area contributed by atoms with Gasteiger partial charge in [-0.05, 0) is 42.2 Å². The third-order valence-electron chi connectivity index (χ3n) is 5.35. The predicted molar refractivity (Wildman–Crippen MR) is 117 cm³/mol. The second kappa shape index (κ2) is 7.52. The number of nitrogens with zero attached hydrogens (tertiary/aromatic N) is 3. The average Bonchev–Trinajstić information content (AvgIpc) is 3.36. The lowest BCUT2D eigenvalue weighted by molar-refractivity contribution is 0.0895. The smallest absolute Gasteiger partial charge is 0.315 e. The molecule has 1 aromatic heterocycles. The molecule has 4 rings (SSSR count). The molecule has 2 heterocycles. The molecule has 1 aromatic carbocycles. The van der Waals surface area contributed by atoms with Crippen molar-refractivity contribution in [2.45, 2.75) is 52.5 Å². The van der Waals surface area contributed by atoms with Crippen LogP contribution in [0.1, 0.15) is 73.4 Å². The topological polar surface area (TPSA) is 80.4 Å². The Morgan fingerprint density at radius 3 is 2.70 bits per heavy atom. The van der Waals surface area contributed by atoms with Gasteiger partial charge in [-0.1, -0.05) is 56.3 Å². The number of carbonyl (C=O) groups excluding carboxylic acids is 1. The molecule has 1 unspecified atom stereocenters. The molecular formula is C24H26N4O2. The zero-order chi connectivity index (χ0) is 21.5. The molecule has 2 aliphatic rings. The molecule has 0 saturated heterocycles. The quantitative estimate of drug-likeness (QED) is 0.793. The fraction of sp³-hybridized carbons (Fsp3) is 0.333. The highest BCUT2D eigenvalue weighted by molar-refractivity contribution is 6.14. The van der Waals surface area contributed by atoms with Crippen LogP contribution >= 0.6 is 0 Å². The molecule has 30 heavy (non-hydrogen) atoms. The van der Waals surface area contributed by atoms with Crippen molar-refractivity contribution in [2.75, 3.05) is 0 Å². The minimum Gasteiger partial charge on any atom is -0.341 e. The summed E-state index contributed by atoms with van der Waals surface area (Å²) in [6.07, 6.45) is 9.10. The Balaban J connectivity index is 1.53. The van der Waals surface area contributed by atoms with Crippen LogP contribution in [0.25, 0.3) is 5.57 Å². The fourth-order valence-corrected chi connectivity index (χ4v) is 3.69. The molecule has 6 heteroatoms. The number of hydrogen-bond acceptors (Lipinski definition) is 5. The third kappa shape index (κ3) is 3.77. The van der Waals surface area contributed by atoms with E-state index in [0.717, 1.165) is 28.8 Å². The number of hydrogen-bond donors (Lipinski definition) is 1. The van der Waals surface area contributed by atoms with Gasteiger partial charge >= 0.3 is 11.8 Å². The van der Waals surface area contributed by atoms with Crippen LogP contribution in [0.2, 0.25) is 0 Å². The van der Waals surface area contributed by atoms with E-state index in [9.17, 15) is 4.79 Å². The molecule has 2 aromatic rings. The Kier molecular flexibility index (Phi) is 5.02. The lowest BCUT2D eigenvalue weighted by Gasteiger charge is -2.18. The number of allylic oxidation sites excluding steroid dienone is 5. The maximum absolute atomic E-state index is 12.6. The van der Waals surface area contributed by atoms with E-state index in [1.807, 2.05) is 33.9 Å². The van der Waals surface area contributed by atoms with Crippen molar-refractivity contribution in [2.24, 2.45) is 4.99 Å². The maximum atomic E-state index is 12.6. The van der Waals surface area contributed by atoms with Gasteiger partial charge in [0, 0.05) is 23.6 Å². The number of aliphatic imine (C=N–C) groups is 1. The van der Waals surface area contributed by atoms with Crippen LogP contribution in [0, 0.1) is 6.92 Å². The lowest BCUT2D eigenvalue weighted by atomic mass is 9.89. The summed E-state index contributed by atoms with van der Waals surface area (Å²) in [7, 11) is 0. The minimum absolute atomic E-state index is 0.0137. The largest absolute Gasteiger partial charge is 0.341 e. The third-order valence-corrected chi connectivity index (χ3v) is 5.35. The molecule has 0 radical (unpaired) electrons. The van der Waals surface area contributed by atoms with Crippen molar-refractivity contribution >= 4 is 17.2 Å². The fourth-order valence-electron chi connectivity index (χ4n) is 3.69. The second-order valence-corrected chi connectivity index (χ2v) is 8.77. The summed E-state index contributed by atoms with van der Waals surface area (Å²) >= 11 is 0. The first-order valence-corrected chi connectivity index (χ1v) is 10.1. The van der Waals surface area contributed by atoms with Crippen LogP contribution in [-0.2, 0) is 5.41 Å². The monoisotopic (exact) mass is 402 g/mol. The molecule has 154 valence electrons. The number of nitrogens with one attached hydrogen (secondary N) is 1. The Bertz CT molecular complexity index is 1130. The first kappa shape index (κ1) is 20.0. The van der Waals surface area contributed by atoms with Crippen molar-refractivity contribution < 1.29 is 9.32 Å². The van der Waals surface area contributed by atoms with Crippen LogP contribution < -0.4 is 5.32 Å². The average molecular weight is 402 g/mol. The van der Waals surface area contributed by atoms with Crippen molar-refractivity contribution in [1.29, 1.82) is 0 Å². The van der Waals surface area contributed by atoms with Gasteiger partial charge in [-0.25, -0.2) is 0 Å². The summed E-state index contributed by atoms with van der Waals surface area (Å²) in [4.78, 5) is 21.2. The molecule has 0 saturated carbocycles. The summed E-state index contributed by atoms with van der Waals surface area (Å²) in [5.41, 5.74) is 6.51. The van der Waals surface area contributed by atoms with Gasteiger partial charge in [0.2, 0.25) is 0 Å². The molecule has 1 aliphatic carbocycles. The Hall–Kier alpha value is -3.28. The molecule has 0 fully saturated rings. The standard InChI is InChI=1S/C24H26N4O2/c1-14-13-16(18-7-6-8-20-19(18)11-12-25-20)9-10-17(14)15(2)26-21(29)22-27-23(28-30-22)24(3,4)5/h6-7,9-13,15H,8H2,1-5H3,(H,26,29). The number of aromatic nitrogens is 2. The SMILES string of the molecule is Cc1cc(C2=C3C=CN=C3CC=C2)ccc1C(C)NC(=O)c1nc(C(C)(C)C)no1. The van der Waals surface area contributed by atoms with Gasteiger partial charge < -0.3 is 9.84 Å². The van der Waals surface area contributed by atoms with Crippen molar-refractivity contribution in [3.05, 3.63) is 76.6 Å². The molecule has 6 nitrogen and oxygen atoms in total. The number of benzene rings is 1. The zero-order valence-corrected chi connectivity index (χ0v) is 18.0. The number of fused-ring (bicyclic) bond motifs is 1. The van der Waals surface area contributed by atoms with E-state index in [4.69, 9.17) is 4.52 Å². The Morgan fingerprint density at radius 1 is 1.20 bits per heavy atom. The van der Waals surface area contributed by atoms with Gasteiger partial charge in [-0.3, -0.25) is 9.79 Å². The van der Waals surface area contributed by atoms with Gasteiger partial charge in [0.1, 0.15) is 0 Å². The van der Waals surface area contributed by atoms with Gasteiger partial charge in [-0.15, -0.1) is 0 Å². The van der Waals surface area contributed by atoms with Crippen LogP contribution in [0.15, 0.2) is 57.7 Å². The highest BCUT2D eigenvalue weighted by Crippen LogP contribution is 2.31. The van der Waals surface area contributed by atoms with E-state index in [1.165, 1.54) is 11.1 Å². The first-order valence-electron chi connectivity index (χ1n) is 10.1. The summed E-state index contributed by atoms with van der Waals surface area (Å²) in [5, 5.41) is 6.88. The molecule has 0 bridgehead atoms. The molecule has 1 aliphatic heterocycles. The molecule has 1 atom stereocenters. The van der Waals surface area contributed by atoms with Gasteiger partial charge in [0.25, 0.3) is 0 Å². The summed E-state index contributed by atoms with van der Waals surface area (Å²) in [6, 6.07) is 6.12. The predicted octanol–water partition coefficient (Wildman–Crippen LogP) is 4.85. The van der Waals surface area contributed by atoms with Crippen molar-refractivity contribution in [3.63, 3.8) is 0 Å². The van der Waals surface area contributed by atoms with Crippen LogP contribution in [0.4, 0.5) is 0 Å². The minimum atomic E-state index is -0.369. The summed E-state index contributed by atoms with van der Waals surface area (Å²) < 4.78 is 5.15. The van der Waals surface area contributed by atoms with Crippen molar-refractivity contribution in [1.82, 2.24) is 15.5 Å².